The number of nitrogens with two attached hydrogens (primary N) is 1. The zero-order valence-corrected chi connectivity index (χ0v) is 13.7. The van der Waals surface area contributed by atoms with Crippen molar-refractivity contribution in [3.63, 3.8) is 0 Å². The van der Waals surface area contributed by atoms with Crippen LogP contribution in [0.4, 0.5) is 5.82 Å². The largest absolute Gasteiger partial charge is 0.336 e. The van der Waals surface area contributed by atoms with E-state index in [0.717, 1.165) is 4.88 Å². The number of carbonyl (C=O) groups is 1. The van der Waals surface area contributed by atoms with Crippen LogP contribution in [-0.2, 0) is 6.54 Å². The van der Waals surface area contributed by atoms with Crippen LogP contribution in [0.2, 0.25) is 4.34 Å². The number of rotatable bonds is 4. The summed E-state index contributed by atoms with van der Waals surface area (Å²) >= 11 is 10.6. The van der Waals surface area contributed by atoms with Gasteiger partial charge in [-0.15, -0.1) is 11.3 Å². The van der Waals surface area contributed by atoms with Gasteiger partial charge in [-0.3, -0.25) is 4.79 Å². The minimum Gasteiger partial charge on any atom is -0.336 e. The number of nitrogen functional groups attached to an aromatic ring is 1. The molecule has 106 valence electrons. The molecule has 1 amide bonds. The van der Waals surface area contributed by atoms with Gasteiger partial charge in [0.25, 0.3) is 5.91 Å². The molecule has 0 aliphatic rings. The number of hydrazine groups is 1. The molecule has 5 nitrogen and oxygen atoms in total. The van der Waals surface area contributed by atoms with Crippen molar-refractivity contribution in [2.45, 2.75) is 6.54 Å². The van der Waals surface area contributed by atoms with Gasteiger partial charge in [0, 0.05) is 22.6 Å². The van der Waals surface area contributed by atoms with Gasteiger partial charge in [0.2, 0.25) is 0 Å². The molecule has 0 radical (unpaired) electrons. The number of nitrogens with one attached hydrogen (secondary N) is 1. The van der Waals surface area contributed by atoms with Crippen LogP contribution in [0.25, 0.3) is 0 Å². The first kappa shape index (κ1) is 15.2. The molecule has 2 aromatic rings. The Morgan fingerprint density at radius 1 is 1.60 bits per heavy atom. The lowest BCUT2D eigenvalue weighted by molar-refractivity contribution is 0.0787. The molecule has 0 fully saturated rings. The molecule has 8 heteroatoms. The van der Waals surface area contributed by atoms with Crippen LogP contribution in [0.1, 0.15) is 15.2 Å². The molecule has 0 atom stereocenters. The van der Waals surface area contributed by atoms with Gasteiger partial charge < -0.3 is 10.3 Å². The number of thiophene rings is 1. The summed E-state index contributed by atoms with van der Waals surface area (Å²) in [6.07, 6.45) is 1.57. The fraction of sp³-hybridized carbons (Fsp3) is 0.167. The zero-order chi connectivity index (χ0) is 14.7. The summed E-state index contributed by atoms with van der Waals surface area (Å²) in [5.41, 5.74) is 2.84. The normalized spacial score (nSPS) is 10.4. The summed E-state index contributed by atoms with van der Waals surface area (Å²) in [6, 6.07) is 5.40. The highest BCUT2D eigenvalue weighted by molar-refractivity contribution is 9.10. The third-order valence-corrected chi connectivity index (χ3v) is 4.24. The zero-order valence-electron chi connectivity index (χ0n) is 10.6. The highest BCUT2D eigenvalue weighted by Crippen LogP contribution is 2.24. The van der Waals surface area contributed by atoms with Gasteiger partial charge in [0.15, 0.2) is 5.82 Å². The van der Waals surface area contributed by atoms with Crippen molar-refractivity contribution < 1.29 is 4.79 Å². The van der Waals surface area contributed by atoms with Crippen LogP contribution in [-0.4, -0.2) is 22.8 Å². The topological polar surface area (TPSA) is 71.2 Å². The molecule has 0 spiro atoms. The Morgan fingerprint density at radius 2 is 2.35 bits per heavy atom. The Labute approximate surface area is 133 Å². The number of pyridine rings is 1. The lowest BCUT2D eigenvalue weighted by Crippen LogP contribution is -2.27. The molecular weight excluding hydrogens is 364 g/mol. The predicted molar refractivity (Wildman–Crippen MR) is 84.9 cm³/mol. The highest BCUT2D eigenvalue weighted by atomic mass is 79.9. The molecule has 0 saturated carbocycles. The summed E-state index contributed by atoms with van der Waals surface area (Å²) in [4.78, 5) is 19.1. The Bertz CT molecular complexity index is 634. The Morgan fingerprint density at radius 3 is 2.95 bits per heavy atom. The van der Waals surface area contributed by atoms with Gasteiger partial charge in [0.05, 0.1) is 16.4 Å². The van der Waals surface area contributed by atoms with E-state index in [4.69, 9.17) is 17.4 Å². The number of hydrogen-bond acceptors (Lipinski definition) is 5. The Balaban J connectivity index is 2.20. The molecule has 0 aliphatic carbocycles. The van der Waals surface area contributed by atoms with E-state index in [1.54, 1.807) is 24.2 Å². The second-order valence-corrected chi connectivity index (χ2v) is 6.78. The van der Waals surface area contributed by atoms with Crippen LogP contribution in [0, 0.1) is 0 Å². The molecule has 0 unspecified atom stereocenters. The van der Waals surface area contributed by atoms with E-state index in [-0.39, 0.29) is 5.91 Å². The minimum atomic E-state index is -0.170. The van der Waals surface area contributed by atoms with Crippen molar-refractivity contribution in [1.29, 1.82) is 0 Å². The SMILES string of the molecule is CN(Cc1ccc(Cl)s1)C(=O)c1cc(Br)cnc1NN. The molecule has 3 N–H and O–H groups in total. The molecule has 0 aliphatic heterocycles. The summed E-state index contributed by atoms with van der Waals surface area (Å²) in [6.45, 7) is 0.479. The van der Waals surface area contributed by atoms with Gasteiger partial charge in [-0.05, 0) is 34.1 Å². The van der Waals surface area contributed by atoms with Crippen molar-refractivity contribution in [2.24, 2.45) is 5.84 Å². The lowest BCUT2D eigenvalue weighted by atomic mass is 10.2. The van der Waals surface area contributed by atoms with E-state index in [1.807, 2.05) is 12.1 Å². The molecular formula is C12H12BrClN4OS. The summed E-state index contributed by atoms with van der Waals surface area (Å²) < 4.78 is 1.42. The van der Waals surface area contributed by atoms with Crippen molar-refractivity contribution >= 4 is 50.6 Å². The molecule has 2 rings (SSSR count). The number of nitrogens with zero attached hydrogens (tertiary/aromatic N) is 2. The van der Waals surface area contributed by atoms with Gasteiger partial charge >= 0.3 is 0 Å². The summed E-state index contributed by atoms with van der Waals surface area (Å²) in [5.74, 6) is 5.55. The Kier molecular flexibility index (Phi) is 4.98. The first-order valence-corrected chi connectivity index (χ1v) is 7.62. The van der Waals surface area contributed by atoms with Crippen LogP contribution >= 0.6 is 38.9 Å². The number of aromatic nitrogens is 1. The monoisotopic (exact) mass is 374 g/mol. The van der Waals surface area contributed by atoms with Crippen molar-refractivity contribution in [3.05, 3.63) is 43.6 Å². The van der Waals surface area contributed by atoms with Crippen LogP contribution in [0.5, 0.6) is 0 Å². The highest BCUT2D eigenvalue weighted by Gasteiger charge is 2.18. The molecule has 2 heterocycles. The summed E-state index contributed by atoms with van der Waals surface area (Å²) in [5, 5.41) is 0. The van der Waals surface area contributed by atoms with E-state index in [0.29, 0.717) is 26.7 Å². The number of carbonyl (C=O) groups excluding carboxylic acids is 1. The van der Waals surface area contributed by atoms with E-state index >= 15 is 0 Å². The number of hydrogen-bond donors (Lipinski definition) is 2. The fourth-order valence-electron chi connectivity index (χ4n) is 1.67. The van der Waals surface area contributed by atoms with E-state index in [9.17, 15) is 4.79 Å². The third kappa shape index (κ3) is 3.49. The molecule has 0 saturated heterocycles. The van der Waals surface area contributed by atoms with Crippen molar-refractivity contribution in [3.8, 4) is 0 Å². The predicted octanol–water partition coefficient (Wildman–Crippen LogP) is 3.12. The second-order valence-electron chi connectivity index (χ2n) is 4.06. The summed E-state index contributed by atoms with van der Waals surface area (Å²) in [7, 11) is 1.72. The van der Waals surface area contributed by atoms with Crippen LogP contribution < -0.4 is 11.3 Å². The average Bonchev–Trinajstić information content (AvgIpc) is 2.83. The first-order valence-electron chi connectivity index (χ1n) is 5.63. The second kappa shape index (κ2) is 6.53. The van der Waals surface area contributed by atoms with E-state index in [1.165, 1.54) is 11.3 Å². The lowest BCUT2D eigenvalue weighted by Gasteiger charge is -2.17. The van der Waals surface area contributed by atoms with Crippen LogP contribution in [0.3, 0.4) is 0 Å². The van der Waals surface area contributed by atoms with E-state index < -0.39 is 0 Å². The minimum absolute atomic E-state index is 0.170. The van der Waals surface area contributed by atoms with E-state index in [2.05, 4.69) is 26.3 Å². The maximum Gasteiger partial charge on any atom is 0.257 e. The molecule has 2 aromatic heterocycles. The van der Waals surface area contributed by atoms with Gasteiger partial charge in [-0.25, -0.2) is 10.8 Å². The number of halogens is 2. The third-order valence-electron chi connectivity index (χ3n) is 2.59. The number of anilines is 1. The maximum absolute atomic E-state index is 12.4. The average molecular weight is 376 g/mol. The van der Waals surface area contributed by atoms with Gasteiger partial charge in [-0.2, -0.15) is 0 Å². The molecule has 0 bridgehead atoms. The smallest absolute Gasteiger partial charge is 0.257 e. The quantitative estimate of drug-likeness (QED) is 0.636. The standard InChI is InChI=1S/C12H12BrClN4OS/c1-18(6-8-2-3-10(14)20-8)12(19)9-4-7(13)5-16-11(9)17-15/h2-5H,6,15H2,1H3,(H,16,17). The van der Waals surface area contributed by atoms with Gasteiger partial charge in [-0.1, -0.05) is 11.6 Å². The number of amides is 1. The van der Waals surface area contributed by atoms with Crippen molar-refractivity contribution in [1.82, 2.24) is 9.88 Å². The molecule has 0 aromatic carbocycles. The van der Waals surface area contributed by atoms with Crippen molar-refractivity contribution in [2.75, 3.05) is 12.5 Å². The Hall–Kier alpha value is -1.15. The van der Waals surface area contributed by atoms with Crippen LogP contribution in [0.15, 0.2) is 28.9 Å². The maximum atomic E-state index is 12.4. The van der Waals surface area contributed by atoms with Gasteiger partial charge in [0.1, 0.15) is 0 Å². The first-order chi connectivity index (χ1) is 9.51. The fourth-order valence-corrected chi connectivity index (χ4v) is 3.14. The molecule has 20 heavy (non-hydrogen) atoms.